The molecule has 2 aliphatic heterocycles. The van der Waals surface area contributed by atoms with Gasteiger partial charge in [0.2, 0.25) is 5.91 Å². The van der Waals surface area contributed by atoms with Crippen LogP contribution < -0.4 is 10.6 Å². The average molecular weight is 510 g/mol. The van der Waals surface area contributed by atoms with E-state index in [2.05, 4.69) is 32.8 Å². The molecule has 6 nitrogen and oxygen atoms in total. The molecule has 1 aromatic carbocycles. The van der Waals surface area contributed by atoms with Gasteiger partial charge in [-0.25, -0.2) is 9.97 Å². The van der Waals surface area contributed by atoms with Crippen LogP contribution in [0.4, 0.5) is 19.0 Å². The first-order valence-corrected chi connectivity index (χ1v) is 12.6. The molecule has 9 heteroatoms. The van der Waals surface area contributed by atoms with E-state index in [9.17, 15) is 18.0 Å². The van der Waals surface area contributed by atoms with Crippen LogP contribution in [-0.4, -0.2) is 40.4 Å². The summed E-state index contributed by atoms with van der Waals surface area (Å²) < 4.78 is 41.6. The number of aromatic nitrogens is 2. The van der Waals surface area contributed by atoms with E-state index in [-0.39, 0.29) is 23.2 Å². The maximum Gasteiger partial charge on any atom is 0.417 e. The molecule has 0 unspecified atom stereocenters. The highest BCUT2D eigenvalue weighted by atomic mass is 19.4. The molecule has 0 atom stereocenters. The van der Waals surface area contributed by atoms with Gasteiger partial charge in [0, 0.05) is 61.2 Å². The Morgan fingerprint density at radius 3 is 2.65 bits per heavy atom. The lowest BCUT2D eigenvalue weighted by Crippen LogP contribution is -2.36. The number of halogens is 3. The van der Waals surface area contributed by atoms with Crippen molar-refractivity contribution in [1.82, 2.24) is 20.2 Å². The number of nitrogens with zero attached hydrogens (tertiary/aromatic N) is 3. The van der Waals surface area contributed by atoms with E-state index >= 15 is 0 Å². The van der Waals surface area contributed by atoms with Crippen molar-refractivity contribution in [3.05, 3.63) is 76.3 Å². The lowest BCUT2D eigenvalue weighted by molar-refractivity contribution is -0.137. The summed E-state index contributed by atoms with van der Waals surface area (Å²) in [6.07, 6.45) is 2.86. The number of benzene rings is 1. The van der Waals surface area contributed by atoms with Gasteiger partial charge in [-0.1, -0.05) is 24.3 Å². The van der Waals surface area contributed by atoms with E-state index in [1.807, 2.05) is 13.0 Å². The summed E-state index contributed by atoms with van der Waals surface area (Å²) in [5, 5.41) is 6.88. The minimum atomic E-state index is -4.53. The molecule has 1 aliphatic carbocycles. The lowest BCUT2D eigenvalue weighted by atomic mass is 9.92. The Bertz CT molecular complexity index is 1300. The zero-order chi connectivity index (χ0) is 26.2. The number of anilines is 1. The summed E-state index contributed by atoms with van der Waals surface area (Å²) in [7, 11) is 0. The van der Waals surface area contributed by atoms with E-state index in [0.717, 1.165) is 41.4 Å². The minimum Gasteiger partial charge on any atom is -0.381 e. The SMILES string of the molecule is CC(=O)N1CCC(c2cc(NC3=C(C)CNC4=C3CCC=C4)nc(-c3ccccc3C(F)(F)F)n2)CC1. The highest BCUT2D eigenvalue weighted by Gasteiger charge is 2.34. The largest absolute Gasteiger partial charge is 0.417 e. The smallest absolute Gasteiger partial charge is 0.381 e. The molecule has 0 radical (unpaired) electrons. The standard InChI is InChI=1S/C28H30F3N5O/c1-17-16-32-23-10-6-4-8-21(23)26(17)34-25-15-24(19-11-13-36(14-12-19)18(2)37)33-27(35-25)20-7-3-5-9-22(20)28(29,30)31/h3,5-7,9-10,15,19,32H,4,8,11-14,16H2,1-2H3,(H,33,34,35). The summed E-state index contributed by atoms with van der Waals surface area (Å²) in [5.74, 6) is 0.573. The van der Waals surface area contributed by atoms with Crippen molar-refractivity contribution in [3.8, 4) is 11.4 Å². The zero-order valence-electron chi connectivity index (χ0n) is 21.0. The molecule has 1 amide bonds. The number of hydrogen-bond acceptors (Lipinski definition) is 5. The first-order valence-electron chi connectivity index (χ1n) is 12.6. The number of carbonyl (C=O) groups is 1. The van der Waals surface area contributed by atoms with Gasteiger partial charge in [-0.05, 0) is 55.9 Å². The first-order chi connectivity index (χ1) is 17.7. The monoisotopic (exact) mass is 509 g/mol. The molecule has 3 heterocycles. The Balaban J connectivity index is 1.56. The molecule has 5 rings (SSSR count). The fourth-order valence-electron chi connectivity index (χ4n) is 5.25. The lowest BCUT2D eigenvalue weighted by Gasteiger charge is -2.31. The number of piperidine rings is 1. The maximum absolute atomic E-state index is 13.9. The van der Waals surface area contributed by atoms with Gasteiger partial charge in [-0.2, -0.15) is 13.2 Å². The van der Waals surface area contributed by atoms with Crippen molar-refractivity contribution >= 4 is 11.7 Å². The number of alkyl halides is 3. The van der Waals surface area contributed by atoms with Crippen LogP contribution in [0.3, 0.4) is 0 Å². The third-order valence-electron chi connectivity index (χ3n) is 7.27. The van der Waals surface area contributed by atoms with E-state index < -0.39 is 11.7 Å². The van der Waals surface area contributed by atoms with Crippen LogP contribution in [0, 0.1) is 0 Å². The fourth-order valence-corrected chi connectivity index (χ4v) is 5.25. The number of allylic oxidation sites excluding steroid dienone is 3. The number of carbonyl (C=O) groups excluding carboxylic acids is 1. The van der Waals surface area contributed by atoms with Crippen molar-refractivity contribution in [1.29, 1.82) is 0 Å². The second-order valence-electron chi connectivity index (χ2n) is 9.79. The van der Waals surface area contributed by atoms with Gasteiger partial charge < -0.3 is 15.5 Å². The Kier molecular flexibility index (Phi) is 6.79. The van der Waals surface area contributed by atoms with Crippen LogP contribution in [0.15, 0.2) is 65.0 Å². The van der Waals surface area contributed by atoms with Crippen molar-refractivity contribution in [2.45, 2.75) is 51.6 Å². The van der Waals surface area contributed by atoms with Crippen molar-refractivity contribution in [3.63, 3.8) is 0 Å². The topological polar surface area (TPSA) is 70.2 Å². The van der Waals surface area contributed by atoms with Crippen LogP contribution in [0.1, 0.15) is 56.7 Å². The predicted molar refractivity (Wildman–Crippen MR) is 136 cm³/mol. The Morgan fingerprint density at radius 2 is 1.92 bits per heavy atom. The molecule has 3 aliphatic rings. The Labute approximate surface area is 214 Å². The number of rotatable bonds is 4. The second kappa shape index (κ2) is 10.0. The molecule has 0 saturated carbocycles. The van der Waals surface area contributed by atoms with Crippen LogP contribution in [0.25, 0.3) is 11.4 Å². The predicted octanol–water partition coefficient (Wildman–Crippen LogP) is 5.78. The summed E-state index contributed by atoms with van der Waals surface area (Å²) in [6.45, 7) is 5.46. The van der Waals surface area contributed by atoms with Gasteiger partial charge in [0.1, 0.15) is 5.82 Å². The molecule has 2 N–H and O–H groups in total. The second-order valence-corrected chi connectivity index (χ2v) is 9.79. The minimum absolute atomic E-state index is 0.0199. The van der Waals surface area contributed by atoms with E-state index in [4.69, 9.17) is 0 Å². The van der Waals surface area contributed by atoms with Gasteiger partial charge in [0.25, 0.3) is 0 Å². The molecule has 2 aromatic rings. The van der Waals surface area contributed by atoms with Gasteiger partial charge in [0.05, 0.1) is 5.56 Å². The van der Waals surface area contributed by atoms with Crippen LogP contribution in [-0.2, 0) is 11.0 Å². The quantitative estimate of drug-likeness (QED) is 0.547. The van der Waals surface area contributed by atoms with Gasteiger partial charge in [-0.3, -0.25) is 4.79 Å². The number of nitrogens with one attached hydrogen (secondary N) is 2. The van der Waals surface area contributed by atoms with Crippen molar-refractivity contribution in [2.24, 2.45) is 0 Å². The van der Waals surface area contributed by atoms with Crippen molar-refractivity contribution < 1.29 is 18.0 Å². The molecule has 194 valence electrons. The van der Waals surface area contributed by atoms with Crippen molar-refractivity contribution in [2.75, 3.05) is 25.0 Å². The molecule has 0 spiro atoms. The number of dihydropyridines is 1. The highest BCUT2D eigenvalue weighted by molar-refractivity contribution is 5.73. The third kappa shape index (κ3) is 5.26. The normalized spacial score (nSPS) is 18.6. The van der Waals surface area contributed by atoms with Gasteiger partial charge >= 0.3 is 6.18 Å². The fraction of sp³-hybridized carbons (Fsp3) is 0.393. The summed E-state index contributed by atoms with van der Waals surface area (Å²) >= 11 is 0. The van der Waals surface area contributed by atoms with Gasteiger partial charge in [-0.15, -0.1) is 0 Å². The van der Waals surface area contributed by atoms with E-state index in [1.54, 1.807) is 17.9 Å². The number of likely N-dealkylation sites (tertiary alicyclic amines) is 1. The molecule has 1 saturated heterocycles. The maximum atomic E-state index is 13.9. The molecule has 37 heavy (non-hydrogen) atoms. The van der Waals surface area contributed by atoms with Crippen LogP contribution >= 0.6 is 0 Å². The van der Waals surface area contributed by atoms with Gasteiger partial charge in [0.15, 0.2) is 5.82 Å². The summed E-state index contributed by atoms with van der Waals surface area (Å²) in [6, 6.07) is 7.29. The molecule has 1 fully saturated rings. The molecule has 0 bridgehead atoms. The van der Waals surface area contributed by atoms with Crippen LogP contribution in [0.2, 0.25) is 0 Å². The Morgan fingerprint density at radius 1 is 1.16 bits per heavy atom. The highest BCUT2D eigenvalue weighted by Crippen LogP contribution is 2.38. The number of amides is 1. The molecular weight excluding hydrogens is 479 g/mol. The molecular formula is C28H30F3N5O. The van der Waals surface area contributed by atoms with E-state index in [0.29, 0.717) is 44.0 Å². The first kappa shape index (κ1) is 25.0. The zero-order valence-corrected chi connectivity index (χ0v) is 21.0. The molecule has 1 aromatic heterocycles. The number of hydrogen-bond donors (Lipinski definition) is 2. The summed E-state index contributed by atoms with van der Waals surface area (Å²) in [4.78, 5) is 22.9. The summed E-state index contributed by atoms with van der Waals surface area (Å²) in [5.41, 5.74) is 4.18. The third-order valence-corrected chi connectivity index (χ3v) is 7.27. The van der Waals surface area contributed by atoms with Crippen LogP contribution in [0.5, 0.6) is 0 Å². The van der Waals surface area contributed by atoms with E-state index in [1.165, 1.54) is 12.1 Å². The Hall–Kier alpha value is -3.62. The average Bonchev–Trinajstić information content (AvgIpc) is 2.90.